The van der Waals surface area contributed by atoms with Crippen LogP contribution in [0.25, 0.3) is 0 Å². The van der Waals surface area contributed by atoms with Crippen LogP contribution in [0.5, 0.6) is 11.6 Å². The van der Waals surface area contributed by atoms with E-state index in [9.17, 15) is 0 Å². The van der Waals surface area contributed by atoms with Crippen molar-refractivity contribution in [3.8, 4) is 11.6 Å². The van der Waals surface area contributed by atoms with Gasteiger partial charge in [0.25, 0.3) is 0 Å². The maximum absolute atomic E-state index is 5.65. The highest BCUT2D eigenvalue weighted by Crippen LogP contribution is 2.19. The van der Waals surface area contributed by atoms with E-state index in [0.717, 1.165) is 18.8 Å². The van der Waals surface area contributed by atoms with Gasteiger partial charge in [0.1, 0.15) is 5.75 Å². The molecule has 0 N–H and O–H groups in total. The van der Waals surface area contributed by atoms with Crippen LogP contribution >= 0.6 is 0 Å². The molecule has 0 saturated carbocycles. The second-order valence-electron chi connectivity index (χ2n) is 5.57. The molecule has 2 aromatic heterocycles. The van der Waals surface area contributed by atoms with E-state index in [1.807, 2.05) is 12.1 Å². The molecule has 3 rings (SSSR count). The molecular formula is C18H20N4O. The van der Waals surface area contributed by atoms with Crippen molar-refractivity contribution >= 4 is 0 Å². The van der Waals surface area contributed by atoms with Crippen molar-refractivity contribution in [1.82, 2.24) is 19.4 Å². The third-order valence-corrected chi connectivity index (χ3v) is 3.62. The van der Waals surface area contributed by atoms with Crippen LogP contribution in [0.4, 0.5) is 0 Å². The summed E-state index contributed by atoms with van der Waals surface area (Å²) < 4.78 is 7.80. The number of rotatable bonds is 6. The lowest BCUT2D eigenvalue weighted by atomic mass is 10.2. The van der Waals surface area contributed by atoms with Crippen LogP contribution in [-0.2, 0) is 20.1 Å². The molecule has 0 amide bonds. The van der Waals surface area contributed by atoms with E-state index in [1.54, 1.807) is 18.6 Å². The van der Waals surface area contributed by atoms with Crippen molar-refractivity contribution in [2.45, 2.75) is 13.1 Å². The second kappa shape index (κ2) is 7.07. The van der Waals surface area contributed by atoms with Crippen molar-refractivity contribution in [2.24, 2.45) is 7.05 Å². The van der Waals surface area contributed by atoms with Gasteiger partial charge in [-0.1, -0.05) is 12.1 Å². The highest BCUT2D eigenvalue weighted by atomic mass is 16.5. The highest BCUT2D eigenvalue weighted by molar-refractivity contribution is 5.29. The van der Waals surface area contributed by atoms with Gasteiger partial charge in [-0.2, -0.15) is 0 Å². The Labute approximate surface area is 136 Å². The van der Waals surface area contributed by atoms with Gasteiger partial charge >= 0.3 is 0 Å². The van der Waals surface area contributed by atoms with Crippen molar-refractivity contribution in [1.29, 1.82) is 0 Å². The molecule has 3 aromatic rings. The molecule has 5 heteroatoms. The first-order valence-electron chi connectivity index (χ1n) is 7.52. The number of aryl methyl sites for hydroxylation is 1. The fraction of sp³-hybridized carbons (Fsp3) is 0.222. The van der Waals surface area contributed by atoms with Gasteiger partial charge in [-0.05, 0) is 36.9 Å². The molecule has 23 heavy (non-hydrogen) atoms. The number of ether oxygens (including phenoxy) is 1. The molecular weight excluding hydrogens is 288 g/mol. The van der Waals surface area contributed by atoms with Crippen LogP contribution in [0.15, 0.2) is 61.2 Å². The Morgan fingerprint density at radius 2 is 1.91 bits per heavy atom. The average molecular weight is 308 g/mol. The van der Waals surface area contributed by atoms with Crippen molar-refractivity contribution in [3.63, 3.8) is 0 Å². The summed E-state index contributed by atoms with van der Waals surface area (Å²) in [4.78, 5) is 10.4. The van der Waals surface area contributed by atoms with Gasteiger partial charge in [0.05, 0.1) is 6.20 Å². The van der Waals surface area contributed by atoms with E-state index in [0.29, 0.717) is 5.88 Å². The van der Waals surface area contributed by atoms with Crippen LogP contribution in [0.2, 0.25) is 0 Å². The maximum Gasteiger partial charge on any atom is 0.237 e. The second-order valence-corrected chi connectivity index (χ2v) is 5.57. The van der Waals surface area contributed by atoms with E-state index in [1.165, 1.54) is 11.3 Å². The Balaban J connectivity index is 1.58. The Hall–Kier alpha value is -2.66. The van der Waals surface area contributed by atoms with E-state index in [-0.39, 0.29) is 0 Å². The summed E-state index contributed by atoms with van der Waals surface area (Å²) in [7, 11) is 4.19. The third kappa shape index (κ3) is 4.17. The fourth-order valence-electron chi connectivity index (χ4n) is 2.43. The largest absolute Gasteiger partial charge is 0.438 e. The summed E-state index contributed by atoms with van der Waals surface area (Å²) in [5.41, 5.74) is 2.54. The summed E-state index contributed by atoms with van der Waals surface area (Å²) >= 11 is 0. The molecule has 0 atom stereocenters. The Morgan fingerprint density at radius 3 is 2.57 bits per heavy atom. The molecule has 0 aliphatic carbocycles. The summed E-state index contributed by atoms with van der Waals surface area (Å²) in [6.07, 6.45) is 6.91. The van der Waals surface area contributed by atoms with Gasteiger partial charge < -0.3 is 9.30 Å². The summed E-state index contributed by atoms with van der Waals surface area (Å²) in [6.45, 7) is 1.80. The normalized spacial score (nSPS) is 10.9. The monoisotopic (exact) mass is 308 g/mol. The maximum atomic E-state index is 5.65. The molecule has 0 fully saturated rings. The zero-order chi connectivity index (χ0) is 16.1. The first-order chi connectivity index (χ1) is 11.2. The molecule has 2 heterocycles. The number of benzene rings is 1. The van der Waals surface area contributed by atoms with Crippen molar-refractivity contribution in [2.75, 3.05) is 7.05 Å². The summed E-state index contributed by atoms with van der Waals surface area (Å²) in [6, 6.07) is 12.3. The Bertz CT molecular complexity index is 737. The molecule has 0 saturated heterocycles. The van der Waals surface area contributed by atoms with Crippen LogP contribution in [0, 0.1) is 0 Å². The van der Waals surface area contributed by atoms with E-state index < -0.39 is 0 Å². The first-order valence-corrected chi connectivity index (χ1v) is 7.52. The van der Waals surface area contributed by atoms with E-state index in [4.69, 9.17) is 4.74 Å². The van der Waals surface area contributed by atoms with E-state index >= 15 is 0 Å². The van der Waals surface area contributed by atoms with Gasteiger partial charge in [0, 0.05) is 44.4 Å². The zero-order valence-corrected chi connectivity index (χ0v) is 13.4. The predicted octanol–water partition coefficient (Wildman–Crippen LogP) is 3.24. The Morgan fingerprint density at radius 1 is 1.09 bits per heavy atom. The minimum Gasteiger partial charge on any atom is -0.438 e. The fourth-order valence-corrected chi connectivity index (χ4v) is 2.43. The van der Waals surface area contributed by atoms with Crippen LogP contribution in [-0.4, -0.2) is 26.5 Å². The SMILES string of the molecule is CN(Cc1ccc(Oc2cnccn2)cc1)Cc1cccn1C. The summed E-state index contributed by atoms with van der Waals surface area (Å²) in [5, 5.41) is 0. The van der Waals surface area contributed by atoms with Crippen LogP contribution in [0.3, 0.4) is 0 Å². The van der Waals surface area contributed by atoms with Crippen molar-refractivity contribution in [3.05, 3.63) is 72.4 Å². The molecule has 0 spiro atoms. The van der Waals surface area contributed by atoms with Crippen LogP contribution in [0.1, 0.15) is 11.3 Å². The van der Waals surface area contributed by atoms with E-state index in [2.05, 4.69) is 64.0 Å². The molecule has 0 unspecified atom stereocenters. The minimum atomic E-state index is 0.501. The van der Waals surface area contributed by atoms with Crippen LogP contribution < -0.4 is 4.74 Å². The molecule has 0 aliphatic rings. The lowest BCUT2D eigenvalue weighted by Gasteiger charge is -2.17. The van der Waals surface area contributed by atoms with Gasteiger partial charge in [0.2, 0.25) is 5.88 Å². The van der Waals surface area contributed by atoms with Gasteiger partial charge in [0.15, 0.2) is 0 Å². The van der Waals surface area contributed by atoms with Gasteiger partial charge in [-0.15, -0.1) is 0 Å². The molecule has 5 nitrogen and oxygen atoms in total. The molecule has 0 radical (unpaired) electrons. The lowest BCUT2D eigenvalue weighted by molar-refractivity contribution is 0.311. The molecule has 1 aromatic carbocycles. The zero-order valence-electron chi connectivity index (χ0n) is 13.4. The molecule has 0 aliphatic heterocycles. The Kier molecular flexibility index (Phi) is 4.68. The quantitative estimate of drug-likeness (QED) is 0.701. The smallest absolute Gasteiger partial charge is 0.237 e. The van der Waals surface area contributed by atoms with Crippen molar-refractivity contribution < 1.29 is 4.74 Å². The lowest BCUT2D eigenvalue weighted by Crippen LogP contribution is -2.18. The topological polar surface area (TPSA) is 43.2 Å². The number of nitrogens with zero attached hydrogens (tertiary/aromatic N) is 4. The predicted molar refractivity (Wildman–Crippen MR) is 89.1 cm³/mol. The van der Waals surface area contributed by atoms with Gasteiger partial charge in [-0.3, -0.25) is 9.88 Å². The minimum absolute atomic E-state index is 0.501. The highest BCUT2D eigenvalue weighted by Gasteiger charge is 2.05. The average Bonchev–Trinajstić information content (AvgIpc) is 2.95. The molecule has 118 valence electrons. The number of aromatic nitrogens is 3. The number of hydrogen-bond donors (Lipinski definition) is 0. The number of hydrogen-bond acceptors (Lipinski definition) is 4. The summed E-state index contributed by atoms with van der Waals surface area (Å²) in [5.74, 6) is 1.26. The molecule has 0 bridgehead atoms. The van der Waals surface area contributed by atoms with Gasteiger partial charge in [-0.25, -0.2) is 4.98 Å². The third-order valence-electron chi connectivity index (χ3n) is 3.62. The standard InChI is InChI=1S/C18H20N4O/c1-21(14-16-4-3-11-22(16)2)13-15-5-7-17(8-6-15)23-18-12-19-9-10-20-18/h3-12H,13-14H2,1-2H3. The first kappa shape index (κ1) is 15.2.